The zero-order valence-corrected chi connectivity index (χ0v) is 74.0. The first-order chi connectivity index (χ1) is 57.4. The molecular formula is C104H168N8O4. The van der Waals surface area contributed by atoms with Gasteiger partial charge in [0.05, 0.1) is 49.3 Å². The van der Waals surface area contributed by atoms with Crippen molar-refractivity contribution in [3.8, 4) is 23.0 Å². The van der Waals surface area contributed by atoms with Crippen molar-refractivity contribution in [3.05, 3.63) is 119 Å². The quantitative estimate of drug-likeness (QED) is 0.0200. The maximum Gasteiger partial charge on any atom is 0.176 e. The second-order valence-corrected chi connectivity index (χ2v) is 38.8. The summed E-state index contributed by atoms with van der Waals surface area (Å²) in [5.74, 6) is 6.34. The van der Waals surface area contributed by atoms with Crippen molar-refractivity contribution in [1.82, 2.24) is 42.5 Å². The predicted octanol–water partition coefficient (Wildman–Crippen LogP) is 24.7. The summed E-state index contributed by atoms with van der Waals surface area (Å²) in [5, 5.41) is 35.8. The first-order valence-electron chi connectivity index (χ1n) is 50.5. The van der Waals surface area contributed by atoms with Crippen LogP contribution >= 0.6 is 0 Å². The van der Waals surface area contributed by atoms with Gasteiger partial charge in [-0.15, -0.1) is 0 Å². The minimum Gasteiger partial charge on any atom is -0.486 e. The van der Waals surface area contributed by atoms with Gasteiger partial charge in [-0.25, -0.2) is 0 Å². The van der Waals surface area contributed by atoms with Crippen LogP contribution in [0.25, 0.3) is 0 Å². The van der Waals surface area contributed by atoms with Crippen LogP contribution in [0.3, 0.4) is 0 Å². The summed E-state index contributed by atoms with van der Waals surface area (Å²) in [4.78, 5) is 0. The van der Waals surface area contributed by atoms with Crippen LogP contribution < -0.4 is 61.5 Å². The SMILES string of the molecule is CCCCCCCCCCCCc1ccc(OC2C(Oc3ccc(CCCCCCCCCCCC)cc3)C(Oc3ccc(CCCCCCCCCCCC)cc3)C3C4NC5NC(NC6NC(NC7NC(NC(N4)C3C2Oc2ccc(CCCCCCCCCCCC)cc2)C2CCCCC72)C2CCCCC62)C2CCCCC52)cc1. The molecule has 0 spiro atoms. The number of hydrogen-bond donors (Lipinski definition) is 8. The van der Waals surface area contributed by atoms with Crippen molar-refractivity contribution in [2.45, 2.75) is 461 Å². The van der Waals surface area contributed by atoms with E-state index in [1.54, 1.807) is 0 Å². The van der Waals surface area contributed by atoms with Crippen LogP contribution in [0.15, 0.2) is 97.1 Å². The molecule has 9 fully saturated rings. The van der Waals surface area contributed by atoms with Gasteiger partial charge in [0, 0.05) is 11.8 Å². The molecule has 8 N–H and O–H groups in total. The van der Waals surface area contributed by atoms with Crippen molar-refractivity contribution in [1.29, 1.82) is 0 Å². The molecule has 5 heterocycles. The van der Waals surface area contributed by atoms with E-state index in [9.17, 15) is 0 Å². The summed E-state index contributed by atoms with van der Waals surface area (Å²) in [5.41, 5.74) is 5.53. The van der Waals surface area contributed by atoms with Crippen molar-refractivity contribution in [2.24, 2.45) is 47.3 Å². The Morgan fingerprint density at radius 2 is 0.362 bits per heavy atom. The molecule has 8 bridgehead atoms. The molecule has 5 aliphatic heterocycles. The Labute approximate surface area is 708 Å². The zero-order chi connectivity index (χ0) is 79.6. The number of unbranched alkanes of at least 4 members (excludes halogenated alkanes) is 36. The summed E-state index contributed by atoms with van der Waals surface area (Å²) in [6, 6.07) is 37.2. The Hall–Kier alpha value is -4.24. The summed E-state index contributed by atoms with van der Waals surface area (Å²) in [6.07, 6.45) is 71.7. The van der Waals surface area contributed by atoms with E-state index in [0.717, 1.165) is 48.7 Å². The fourth-order valence-corrected chi connectivity index (χ4v) is 23.4. The van der Waals surface area contributed by atoms with Crippen LogP contribution in [0.4, 0.5) is 0 Å². The molecule has 116 heavy (non-hydrogen) atoms. The van der Waals surface area contributed by atoms with E-state index in [-0.39, 0.29) is 61.2 Å². The predicted molar refractivity (Wildman–Crippen MR) is 484 cm³/mol. The van der Waals surface area contributed by atoms with Gasteiger partial charge < -0.3 is 18.9 Å². The molecule has 4 aliphatic carbocycles. The molecule has 0 amide bonds. The molecule has 20 unspecified atom stereocenters. The van der Waals surface area contributed by atoms with Crippen LogP contribution in [-0.4, -0.2) is 73.7 Å². The molecule has 648 valence electrons. The Balaban J connectivity index is 0.854. The maximum atomic E-state index is 8.10. The third-order valence-corrected chi connectivity index (χ3v) is 30.1. The molecule has 0 aromatic heterocycles. The third kappa shape index (κ3) is 26.6. The second-order valence-electron chi connectivity index (χ2n) is 38.8. The van der Waals surface area contributed by atoms with E-state index < -0.39 is 24.4 Å². The number of fused-ring (bicyclic) bond motifs is 20. The van der Waals surface area contributed by atoms with Crippen molar-refractivity contribution in [3.63, 3.8) is 0 Å². The topological polar surface area (TPSA) is 133 Å². The van der Waals surface area contributed by atoms with Gasteiger partial charge in [-0.3, -0.25) is 42.5 Å². The van der Waals surface area contributed by atoms with Crippen LogP contribution in [0.5, 0.6) is 23.0 Å². The standard InChI is InChI=1S/C104H168N8O4/c1-5-9-13-17-21-25-29-33-37-41-51-77-61-69-81(70-62-77)113-93-91-92(104-111-102-90-60-50-48-58-88(90)100(109-102)107-98-86-56-46-45-55-85(86)97(105-98)106-99-87-57-47-49-59-89(87)101(108-99)110-103(91)112-104)94(114-82-71-63-78(64-72-82)52-42-38-34-30-26-22-18-14-10-6-2)96(116-84-75-67-80(68-76-84)54-44-40-36-32-28-24-20-16-12-8-4)95(93)115-83-73-65-79(66-74-83)53-43-39-35-31-27-23-19-15-11-7-3/h61-76,85-112H,5-60H2,1-4H3. The van der Waals surface area contributed by atoms with Gasteiger partial charge in [0.1, 0.15) is 35.2 Å². The van der Waals surface area contributed by atoms with Crippen molar-refractivity contribution >= 4 is 0 Å². The highest BCUT2D eigenvalue weighted by atomic mass is 16.6. The Morgan fingerprint density at radius 3 is 0.560 bits per heavy atom. The number of hydrogen-bond acceptors (Lipinski definition) is 12. The molecule has 20 atom stereocenters. The minimum absolute atomic E-state index is 0.0697. The molecule has 4 aromatic rings. The number of ether oxygens (including phenoxy) is 4. The fraction of sp³-hybridized carbons (Fsp3) is 0.769. The van der Waals surface area contributed by atoms with Crippen LogP contribution in [0, 0.1) is 47.3 Å². The maximum absolute atomic E-state index is 8.10. The molecule has 4 aromatic carbocycles. The summed E-state index contributed by atoms with van der Waals surface area (Å²) in [6.45, 7) is 9.28. The highest BCUT2D eigenvalue weighted by molar-refractivity contribution is 5.34. The van der Waals surface area contributed by atoms with Crippen LogP contribution in [0.1, 0.15) is 384 Å². The van der Waals surface area contributed by atoms with Gasteiger partial charge >= 0.3 is 0 Å². The summed E-state index contributed by atoms with van der Waals surface area (Å²) in [7, 11) is 0. The lowest BCUT2D eigenvalue weighted by Gasteiger charge is -2.50. The monoisotopic (exact) mass is 1590 g/mol. The molecule has 5 saturated heterocycles. The van der Waals surface area contributed by atoms with Crippen LogP contribution in [0.2, 0.25) is 0 Å². The largest absolute Gasteiger partial charge is 0.486 e. The number of rotatable bonds is 52. The molecular weight excluding hydrogens is 1430 g/mol. The Morgan fingerprint density at radius 1 is 0.198 bits per heavy atom. The Kier molecular flexibility index (Phi) is 38.4. The lowest BCUT2D eigenvalue weighted by atomic mass is 9.71. The summed E-state index contributed by atoms with van der Waals surface area (Å²) < 4.78 is 32.2. The molecule has 0 radical (unpaired) electrons. The first-order valence-corrected chi connectivity index (χ1v) is 50.5. The lowest BCUT2D eigenvalue weighted by molar-refractivity contribution is -0.150. The number of nitrogens with one attached hydrogen (secondary N) is 8. The van der Waals surface area contributed by atoms with E-state index in [1.807, 2.05) is 0 Å². The molecule has 4 saturated carbocycles. The van der Waals surface area contributed by atoms with Gasteiger partial charge in [0.25, 0.3) is 0 Å². The van der Waals surface area contributed by atoms with Gasteiger partial charge in [-0.1, -0.05) is 346 Å². The van der Waals surface area contributed by atoms with Crippen molar-refractivity contribution < 1.29 is 18.9 Å². The number of benzene rings is 4. The lowest BCUT2D eigenvalue weighted by Crippen LogP contribution is -2.69. The van der Waals surface area contributed by atoms with Gasteiger partial charge in [-0.2, -0.15) is 0 Å². The molecule has 12 heteroatoms. The van der Waals surface area contributed by atoms with Crippen LogP contribution in [-0.2, 0) is 25.7 Å². The normalized spacial score (nSPS) is 30.0. The van der Waals surface area contributed by atoms with E-state index in [0.29, 0.717) is 35.5 Å². The van der Waals surface area contributed by atoms with Gasteiger partial charge in [0.15, 0.2) is 12.2 Å². The van der Waals surface area contributed by atoms with E-state index in [4.69, 9.17) is 18.9 Å². The average molecular weight is 1590 g/mol. The highest BCUT2D eigenvalue weighted by Crippen LogP contribution is 2.49. The van der Waals surface area contributed by atoms with Gasteiger partial charge in [0.2, 0.25) is 0 Å². The fourth-order valence-electron chi connectivity index (χ4n) is 23.4. The third-order valence-electron chi connectivity index (χ3n) is 30.1. The second kappa shape index (κ2) is 49.8. The van der Waals surface area contributed by atoms with E-state index >= 15 is 0 Å². The first kappa shape index (κ1) is 89.5. The highest BCUT2D eigenvalue weighted by Gasteiger charge is 2.65. The smallest absolute Gasteiger partial charge is 0.176 e. The molecule has 13 rings (SSSR count). The van der Waals surface area contributed by atoms with Crippen molar-refractivity contribution in [2.75, 3.05) is 0 Å². The summed E-state index contributed by atoms with van der Waals surface area (Å²) >= 11 is 0. The average Bonchev–Trinajstić information content (AvgIpc) is 1.53. The van der Waals surface area contributed by atoms with E-state index in [2.05, 4.69) is 167 Å². The Bertz CT molecular complexity index is 3050. The van der Waals surface area contributed by atoms with Gasteiger partial charge in [-0.05, 0) is 196 Å². The molecule has 12 nitrogen and oxygen atoms in total. The number of aryl methyl sites for hydroxylation is 4. The minimum atomic E-state index is -0.611. The van der Waals surface area contributed by atoms with E-state index in [1.165, 1.54) is 356 Å². The molecule has 9 aliphatic rings. The zero-order valence-electron chi connectivity index (χ0n) is 74.0.